The van der Waals surface area contributed by atoms with Gasteiger partial charge in [-0.3, -0.25) is 9.78 Å². The predicted octanol–water partition coefficient (Wildman–Crippen LogP) is 0.788. The second kappa shape index (κ2) is 8.63. The van der Waals surface area contributed by atoms with Crippen LogP contribution in [0.5, 0.6) is 5.75 Å². The third-order valence-electron chi connectivity index (χ3n) is 3.77. The molecular weight excluding hydrogens is 382 g/mol. The van der Waals surface area contributed by atoms with E-state index in [0.29, 0.717) is 23.8 Å². The van der Waals surface area contributed by atoms with Crippen molar-refractivity contribution in [2.75, 3.05) is 13.2 Å². The van der Waals surface area contributed by atoms with Crippen LogP contribution in [0.15, 0.2) is 66.0 Å². The Labute approximate surface area is 162 Å². The molecule has 28 heavy (non-hydrogen) atoms. The topological polar surface area (TPSA) is 129 Å². The van der Waals surface area contributed by atoms with Gasteiger partial charge in [0.2, 0.25) is 10.0 Å². The highest BCUT2D eigenvalue weighted by molar-refractivity contribution is 7.89. The number of rotatable bonds is 9. The Hall–Kier alpha value is -3.24. The van der Waals surface area contributed by atoms with Crippen LogP contribution in [0, 0.1) is 0 Å². The molecule has 3 aromatic rings. The van der Waals surface area contributed by atoms with Crippen LogP contribution in [0.3, 0.4) is 0 Å². The zero-order chi connectivity index (χ0) is 20.0. The van der Waals surface area contributed by atoms with Crippen molar-refractivity contribution in [1.82, 2.24) is 19.3 Å². The van der Waals surface area contributed by atoms with Crippen LogP contribution in [-0.4, -0.2) is 42.0 Å². The van der Waals surface area contributed by atoms with Gasteiger partial charge in [-0.2, -0.15) is 0 Å². The van der Waals surface area contributed by atoms with E-state index in [1.807, 2.05) is 22.8 Å². The monoisotopic (exact) mass is 401 g/mol. The first-order chi connectivity index (χ1) is 13.5. The summed E-state index contributed by atoms with van der Waals surface area (Å²) < 4.78 is 34.3. The molecular formula is C18H19N5O4S. The molecule has 0 saturated carbocycles. The zero-order valence-corrected chi connectivity index (χ0v) is 15.7. The molecule has 0 saturated heterocycles. The molecule has 0 fully saturated rings. The second-order valence-electron chi connectivity index (χ2n) is 5.78. The van der Waals surface area contributed by atoms with E-state index in [4.69, 9.17) is 10.5 Å². The van der Waals surface area contributed by atoms with Crippen LogP contribution in [0.1, 0.15) is 0 Å². The van der Waals surface area contributed by atoms with Crippen LogP contribution in [-0.2, 0) is 21.4 Å². The van der Waals surface area contributed by atoms with E-state index in [1.165, 1.54) is 24.3 Å². The fourth-order valence-electron chi connectivity index (χ4n) is 2.47. The number of imidazole rings is 1. The Bertz CT molecular complexity index is 1030. The van der Waals surface area contributed by atoms with E-state index in [9.17, 15) is 13.2 Å². The van der Waals surface area contributed by atoms with Crippen molar-refractivity contribution in [2.45, 2.75) is 11.4 Å². The van der Waals surface area contributed by atoms with Gasteiger partial charge in [0, 0.05) is 31.7 Å². The van der Waals surface area contributed by atoms with Gasteiger partial charge in [-0.15, -0.1) is 0 Å². The van der Waals surface area contributed by atoms with Gasteiger partial charge in [0.25, 0.3) is 5.91 Å². The first-order valence-corrected chi connectivity index (χ1v) is 9.87. The highest BCUT2D eigenvalue weighted by Crippen LogP contribution is 2.16. The minimum atomic E-state index is -3.69. The molecule has 1 amide bonds. The summed E-state index contributed by atoms with van der Waals surface area (Å²) in [6, 6.07) is 11.2. The summed E-state index contributed by atoms with van der Waals surface area (Å²) in [4.78, 5) is 19.3. The summed E-state index contributed by atoms with van der Waals surface area (Å²) in [5.74, 6) is 0.412. The van der Waals surface area contributed by atoms with Crippen molar-refractivity contribution in [3.05, 3.63) is 61.1 Å². The summed E-state index contributed by atoms with van der Waals surface area (Å²) in [6.07, 6.45) is 5.08. The number of carbonyl (C=O) groups is 1. The number of aromatic nitrogens is 3. The predicted molar refractivity (Wildman–Crippen MR) is 102 cm³/mol. The number of nitrogens with one attached hydrogen (secondary N) is 1. The Morgan fingerprint density at radius 3 is 2.57 bits per heavy atom. The maximum atomic E-state index is 12.4. The first kappa shape index (κ1) is 19.5. The highest BCUT2D eigenvalue weighted by atomic mass is 32.2. The number of pyridine rings is 1. The minimum absolute atomic E-state index is 0.0921. The quantitative estimate of drug-likeness (QED) is 0.545. The number of amides is 1. The SMILES string of the molecule is NC(=O)COc1ccc(S(=O)(=O)NCCn2ccnc2-c2ccccn2)cc1. The Kier molecular flexibility index (Phi) is 6.02. The van der Waals surface area contributed by atoms with Gasteiger partial charge in [0.05, 0.1) is 4.90 Å². The Balaban J connectivity index is 1.60. The van der Waals surface area contributed by atoms with Crippen molar-refractivity contribution in [2.24, 2.45) is 5.73 Å². The molecule has 2 aromatic heterocycles. The van der Waals surface area contributed by atoms with Gasteiger partial charge in [-0.25, -0.2) is 18.1 Å². The number of nitrogens with zero attached hydrogens (tertiary/aromatic N) is 3. The number of sulfonamides is 1. The van der Waals surface area contributed by atoms with E-state index in [1.54, 1.807) is 18.6 Å². The lowest BCUT2D eigenvalue weighted by atomic mass is 10.3. The summed E-state index contributed by atoms with van der Waals surface area (Å²) in [6.45, 7) is 0.303. The van der Waals surface area contributed by atoms with Gasteiger partial charge >= 0.3 is 0 Å². The standard InChI is InChI=1S/C18H19N5O4S/c19-17(24)13-27-14-4-6-15(7-5-14)28(25,26)22-10-12-23-11-9-21-18(23)16-3-1-2-8-20-16/h1-9,11,22H,10,12-13H2,(H2,19,24). The van der Waals surface area contributed by atoms with Gasteiger partial charge in [-0.05, 0) is 36.4 Å². The van der Waals surface area contributed by atoms with E-state index < -0.39 is 15.9 Å². The van der Waals surface area contributed by atoms with E-state index in [-0.39, 0.29) is 18.0 Å². The largest absolute Gasteiger partial charge is 0.484 e. The van der Waals surface area contributed by atoms with Gasteiger partial charge in [-0.1, -0.05) is 6.07 Å². The van der Waals surface area contributed by atoms with Crippen molar-refractivity contribution in [1.29, 1.82) is 0 Å². The summed E-state index contributed by atoms with van der Waals surface area (Å²) in [5, 5.41) is 0. The molecule has 2 heterocycles. The van der Waals surface area contributed by atoms with Crippen molar-refractivity contribution >= 4 is 15.9 Å². The lowest BCUT2D eigenvalue weighted by Crippen LogP contribution is -2.27. The number of nitrogens with two attached hydrogens (primary N) is 1. The molecule has 0 bridgehead atoms. The van der Waals surface area contributed by atoms with Gasteiger partial charge in [0.1, 0.15) is 11.4 Å². The fraction of sp³-hybridized carbons (Fsp3) is 0.167. The van der Waals surface area contributed by atoms with Crippen LogP contribution < -0.4 is 15.2 Å². The molecule has 0 aliphatic carbocycles. The second-order valence-corrected chi connectivity index (χ2v) is 7.55. The molecule has 0 radical (unpaired) electrons. The van der Waals surface area contributed by atoms with Crippen molar-refractivity contribution in [3.8, 4) is 17.3 Å². The first-order valence-electron chi connectivity index (χ1n) is 8.39. The van der Waals surface area contributed by atoms with Crippen molar-refractivity contribution in [3.63, 3.8) is 0 Å². The number of carbonyl (C=O) groups excluding carboxylic acids is 1. The van der Waals surface area contributed by atoms with Crippen LogP contribution in [0.2, 0.25) is 0 Å². The maximum Gasteiger partial charge on any atom is 0.255 e. The lowest BCUT2D eigenvalue weighted by Gasteiger charge is -2.10. The van der Waals surface area contributed by atoms with Crippen LogP contribution in [0.4, 0.5) is 0 Å². The molecule has 3 N–H and O–H groups in total. The number of benzene rings is 1. The number of primary amides is 1. The van der Waals surface area contributed by atoms with E-state index in [2.05, 4.69) is 14.7 Å². The molecule has 146 valence electrons. The highest BCUT2D eigenvalue weighted by Gasteiger charge is 2.14. The molecule has 9 nitrogen and oxygen atoms in total. The van der Waals surface area contributed by atoms with Gasteiger partial charge < -0.3 is 15.0 Å². The fourth-order valence-corrected chi connectivity index (χ4v) is 3.49. The summed E-state index contributed by atoms with van der Waals surface area (Å²) in [7, 11) is -3.69. The molecule has 1 aromatic carbocycles. The van der Waals surface area contributed by atoms with Crippen molar-refractivity contribution < 1.29 is 17.9 Å². The maximum absolute atomic E-state index is 12.4. The molecule has 0 spiro atoms. The molecule has 0 aliphatic rings. The molecule has 0 unspecified atom stereocenters. The molecule has 10 heteroatoms. The number of hydrogen-bond donors (Lipinski definition) is 2. The average molecular weight is 401 g/mol. The molecule has 0 aliphatic heterocycles. The Morgan fingerprint density at radius 1 is 1.11 bits per heavy atom. The van der Waals surface area contributed by atoms with E-state index >= 15 is 0 Å². The number of hydrogen-bond acceptors (Lipinski definition) is 6. The van der Waals surface area contributed by atoms with Crippen LogP contribution in [0.25, 0.3) is 11.5 Å². The third-order valence-corrected chi connectivity index (χ3v) is 5.25. The zero-order valence-electron chi connectivity index (χ0n) is 14.9. The lowest BCUT2D eigenvalue weighted by molar-refractivity contribution is -0.119. The molecule has 0 atom stereocenters. The third kappa shape index (κ3) is 4.93. The van der Waals surface area contributed by atoms with E-state index in [0.717, 1.165) is 0 Å². The summed E-state index contributed by atoms with van der Waals surface area (Å²) >= 11 is 0. The summed E-state index contributed by atoms with van der Waals surface area (Å²) in [5.41, 5.74) is 5.71. The molecule has 3 rings (SSSR count). The Morgan fingerprint density at radius 2 is 1.89 bits per heavy atom. The minimum Gasteiger partial charge on any atom is -0.484 e. The average Bonchev–Trinajstić information content (AvgIpc) is 3.16. The normalized spacial score (nSPS) is 11.3. The number of ether oxygens (including phenoxy) is 1. The van der Waals surface area contributed by atoms with Gasteiger partial charge in [0.15, 0.2) is 12.4 Å². The smallest absolute Gasteiger partial charge is 0.255 e. The van der Waals surface area contributed by atoms with Crippen LogP contribution >= 0.6 is 0 Å².